The van der Waals surface area contributed by atoms with Crippen LogP contribution in [0.3, 0.4) is 0 Å². The van der Waals surface area contributed by atoms with Crippen molar-refractivity contribution >= 4 is 15.9 Å². The van der Waals surface area contributed by atoms with Crippen LogP contribution in [0.4, 0.5) is 0 Å². The van der Waals surface area contributed by atoms with Crippen molar-refractivity contribution in [2.24, 2.45) is 0 Å². The zero-order chi connectivity index (χ0) is 8.27. The first kappa shape index (κ1) is 8.59. The van der Waals surface area contributed by atoms with Crippen LogP contribution in [0.5, 0.6) is 0 Å². The fourth-order valence-corrected chi connectivity index (χ4v) is 1.56. The number of hydrogen-bond donors (Lipinski definition) is 0. The highest BCUT2D eigenvalue weighted by Gasteiger charge is 2.05. The van der Waals surface area contributed by atoms with Crippen LogP contribution in [-0.4, -0.2) is 15.4 Å². The van der Waals surface area contributed by atoms with Gasteiger partial charge in [-0.25, -0.2) is 0 Å². The van der Waals surface area contributed by atoms with E-state index in [2.05, 4.69) is 31.3 Å². The SMILES string of the molecule is CCc1nnnc(CC)c1Br. The summed E-state index contributed by atoms with van der Waals surface area (Å²) >= 11 is 3.44. The molecule has 0 radical (unpaired) electrons. The smallest absolute Gasteiger partial charge is 0.0806 e. The van der Waals surface area contributed by atoms with Crippen LogP contribution in [-0.2, 0) is 12.8 Å². The van der Waals surface area contributed by atoms with Crippen molar-refractivity contribution in [3.8, 4) is 0 Å². The monoisotopic (exact) mass is 215 g/mol. The number of aromatic nitrogens is 3. The molecular formula is C7H10BrN3. The van der Waals surface area contributed by atoms with E-state index in [1.54, 1.807) is 0 Å². The van der Waals surface area contributed by atoms with E-state index in [9.17, 15) is 0 Å². The Hall–Kier alpha value is -0.510. The average molecular weight is 216 g/mol. The molecule has 4 heteroatoms. The number of halogens is 1. The maximum absolute atomic E-state index is 3.90. The van der Waals surface area contributed by atoms with Crippen molar-refractivity contribution in [3.63, 3.8) is 0 Å². The number of aryl methyl sites for hydroxylation is 2. The van der Waals surface area contributed by atoms with Crippen molar-refractivity contribution in [3.05, 3.63) is 15.9 Å². The normalized spacial score (nSPS) is 10.1. The molecule has 11 heavy (non-hydrogen) atoms. The quantitative estimate of drug-likeness (QED) is 0.755. The topological polar surface area (TPSA) is 38.7 Å². The minimum Gasteiger partial charge on any atom is -0.134 e. The number of hydrogen-bond acceptors (Lipinski definition) is 3. The Bertz CT molecular complexity index is 227. The van der Waals surface area contributed by atoms with Gasteiger partial charge in [0.2, 0.25) is 0 Å². The molecule has 60 valence electrons. The molecular weight excluding hydrogens is 206 g/mol. The van der Waals surface area contributed by atoms with Crippen molar-refractivity contribution in [1.29, 1.82) is 0 Å². The van der Waals surface area contributed by atoms with Crippen LogP contribution in [0.1, 0.15) is 25.2 Å². The van der Waals surface area contributed by atoms with E-state index in [1.807, 2.05) is 13.8 Å². The Balaban J connectivity index is 3.10. The van der Waals surface area contributed by atoms with Gasteiger partial charge in [0.05, 0.1) is 15.9 Å². The first-order valence-corrected chi connectivity index (χ1v) is 4.45. The Morgan fingerprint density at radius 2 is 1.55 bits per heavy atom. The fraction of sp³-hybridized carbons (Fsp3) is 0.571. The molecule has 1 aromatic heterocycles. The van der Waals surface area contributed by atoms with Gasteiger partial charge in [0.25, 0.3) is 0 Å². The largest absolute Gasteiger partial charge is 0.134 e. The van der Waals surface area contributed by atoms with Gasteiger partial charge in [0, 0.05) is 0 Å². The molecule has 1 aromatic rings. The van der Waals surface area contributed by atoms with Crippen molar-refractivity contribution in [1.82, 2.24) is 15.4 Å². The summed E-state index contributed by atoms with van der Waals surface area (Å²) in [5.74, 6) is 0. The molecule has 0 saturated heterocycles. The maximum Gasteiger partial charge on any atom is 0.0806 e. The third-order valence-corrected chi connectivity index (χ3v) is 2.42. The molecule has 0 aliphatic carbocycles. The zero-order valence-electron chi connectivity index (χ0n) is 6.63. The second-order valence-corrected chi connectivity index (χ2v) is 3.00. The summed E-state index contributed by atoms with van der Waals surface area (Å²) in [4.78, 5) is 0. The van der Waals surface area contributed by atoms with Crippen LogP contribution in [0.25, 0.3) is 0 Å². The molecule has 0 spiro atoms. The van der Waals surface area contributed by atoms with Crippen LogP contribution in [0, 0.1) is 0 Å². The van der Waals surface area contributed by atoms with Gasteiger partial charge in [-0.15, -0.1) is 10.2 Å². The van der Waals surface area contributed by atoms with Gasteiger partial charge in [-0.05, 0) is 34.0 Å². The molecule has 3 nitrogen and oxygen atoms in total. The summed E-state index contributed by atoms with van der Waals surface area (Å²) in [6.45, 7) is 4.10. The summed E-state index contributed by atoms with van der Waals surface area (Å²) < 4.78 is 1.01. The van der Waals surface area contributed by atoms with Gasteiger partial charge in [0.1, 0.15) is 0 Å². The molecule has 0 amide bonds. The lowest BCUT2D eigenvalue weighted by molar-refractivity contribution is 0.763. The molecule has 0 saturated carbocycles. The highest BCUT2D eigenvalue weighted by Crippen LogP contribution is 2.17. The summed E-state index contributed by atoms with van der Waals surface area (Å²) in [5.41, 5.74) is 1.97. The van der Waals surface area contributed by atoms with Gasteiger partial charge in [0.15, 0.2) is 0 Å². The van der Waals surface area contributed by atoms with E-state index in [-0.39, 0.29) is 0 Å². The third kappa shape index (κ3) is 1.74. The van der Waals surface area contributed by atoms with Gasteiger partial charge in [-0.1, -0.05) is 13.8 Å². The second-order valence-electron chi connectivity index (χ2n) is 2.20. The lowest BCUT2D eigenvalue weighted by Crippen LogP contribution is -2.00. The molecule has 0 N–H and O–H groups in total. The predicted octanol–water partition coefficient (Wildman–Crippen LogP) is 1.76. The lowest BCUT2D eigenvalue weighted by atomic mass is 10.2. The molecule has 0 bridgehead atoms. The van der Waals surface area contributed by atoms with Gasteiger partial charge in [-0.3, -0.25) is 0 Å². The van der Waals surface area contributed by atoms with Crippen LogP contribution in [0.2, 0.25) is 0 Å². The summed E-state index contributed by atoms with van der Waals surface area (Å²) in [6.07, 6.45) is 1.78. The van der Waals surface area contributed by atoms with Crippen LogP contribution in [0.15, 0.2) is 4.47 Å². The van der Waals surface area contributed by atoms with Crippen molar-refractivity contribution in [2.45, 2.75) is 26.7 Å². The molecule has 0 aliphatic rings. The second kappa shape index (κ2) is 3.76. The molecule has 0 fully saturated rings. The number of rotatable bonds is 2. The summed E-state index contributed by atoms with van der Waals surface area (Å²) in [7, 11) is 0. The molecule has 0 unspecified atom stereocenters. The van der Waals surface area contributed by atoms with Crippen molar-refractivity contribution < 1.29 is 0 Å². The third-order valence-electron chi connectivity index (χ3n) is 1.51. The zero-order valence-corrected chi connectivity index (χ0v) is 8.22. The van der Waals surface area contributed by atoms with Crippen molar-refractivity contribution in [2.75, 3.05) is 0 Å². The highest BCUT2D eigenvalue weighted by molar-refractivity contribution is 9.10. The maximum atomic E-state index is 3.90. The molecule has 1 rings (SSSR count). The first-order chi connectivity index (χ1) is 5.29. The van der Waals surface area contributed by atoms with Gasteiger partial charge >= 0.3 is 0 Å². The standard InChI is InChI=1S/C7H10BrN3/c1-3-5-7(8)6(4-2)10-11-9-5/h3-4H2,1-2H3. The van der Waals surface area contributed by atoms with E-state index >= 15 is 0 Å². The first-order valence-electron chi connectivity index (χ1n) is 3.66. The lowest BCUT2D eigenvalue weighted by Gasteiger charge is -2.01. The van der Waals surface area contributed by atoms with Crippen LogP contribution >= 0.6 is 15.9 Å². The fourth-order valence-electron chi connectivity index (χ4n) is 0.837. The van der Waals surface area contributed by atoms with E-state index in [0.29, 0.717) is 0 Å². The minimum absolute atomic E-state index is 0.892. The Kier molecular flexibility index (Phi) is 2.93. The predicted molar refractivity (Wildman–Crippen MR) is 46.3 cm³/mol. The molecule has 0 aliphatic heterocycles. The molecule has 0 atom stereocenters. The molecule has 1 heterocycles. The van der Waals surface area contributed by atoms with Gasteiger partial charge in [-0.2, -0.15) is 0 Å². The van der Waals surface area contributed by atoms with E-state index in [4.69, 9.17) is 0 Å². The summed E-state index contributed by atoms with van der Waals surface area (Å²) in [5, 5.41) is 11.5. The average Bonchev–Trinajstić information content (AvgIpc) is 2.05. The Morgan fingerprint density at radius 3 is 1.91 bits per heavy atom. The number of nitrogens with zero attached hydrogens (tertiary/aromatic N) is 3. The minimum atomic E-state index is 0.892. The van der Waals surface area contributed by atoms with Gasteiger partial charge < -0.3 is 0 Å². The Morgan fingerprint density at radius 1 is 1.09 bits per heavy atom. The Labute approximate surface area is 74.4 Å². The molecule has 0 aromatic carbocycles. The highest BCUT2D eigenvalue weighted by atomic mass is 79.9. The van der Waals surface area contributed by atoms with E-state index in [0.717, 1.165) is 28.7 Å². The summed E-state index contributed by atoms with van der Waals surface area (Å²) in [6, 6.07) is 0. The van der Waals surface area contributed by atoms with E-state index in [1.165, 1.54) is 0 Å². The van der Waals surface area contributed by atoms with Crippen LogP contribution < -0.4 is 0 Å². The van der Waals surface area contributed by atoms with E-state index < -0.39 is 0 Å².